The third kappa shape index (κ3) is 5.63. The molecule has 4 rings (SSSR count). The molecular formula is C23H30N6O3S. The maximum Gasteiger partial charge on any atom is 0.319 e. The third-order valence-electron chi connectivity index (χ3n) is 5.30. The molecule has 0 aliphatic carbocycles. The standard InChI is InChI=1S/C23H28N6O3.H2S/c1-27(2)17-7-5-16(6-8-17)19-13-20-21(25-10-9-24-20)22(26-19)32-15-18-14-29(11-12-31-18)23(30)28(3)4;/h5-10,13,18H,11-12,14-15H2,1-4H3;1H2/t18-;/m0./s1. The van der Waals surface area contributed by atoms with Crippen molar-refractivity contribution in [3.05, 3.63) is 42.7 Å². The highest BCUT2D eigenvalue weighted by atomic mass is 32.1. The second-order valence-electron chi connectivity index (χ2n) is 8.10. The summed E-state index contributed by atoms with van der Waals surface area (Å²) in [5.41, 5.74) is 4.13. The summed E-state index contributed by atoms with van der Waals surface area (Å²) < 4.78 is 11.9. The van der Waals surface area contributed by atoms with Crippen LogP contribution in [0.1, 0.15) is 0 Å². The number of nitrogens with zero attached hydrogens (tertiary/aromatic N) is 6. The second-order valence-corrected chi connectivity index (χ2v) is 8.10. The zero-order valence-electron chi connectivity index (χ0n) is 19.4. The van der Waals surface area contributed by atoms with E-state index in [-0.39, 0.29) is 32.2 Å². The molecule has 1 aliphatic rings. The second kappa shape index (κ2) is 10.7. The van der Waals surface area contributed by atoms with E-state index in [1.807, 2.05) is 49.3 Å². The lowest BCUT2D eigenvalue weighted by Gasteiger charge is -2.34. The van der Waals surface area contributed by atoms with Gasteiger partial charge in [0.2, 0.25) is 5.88 Å². The number of benzene rings is 1. The number of amides is 2. The van der Waals surface area contributed by atoms with Crippen LogP contribution in [-0.2, 0) is 4.74 Å². The first-order valence-electron chi connectivity index (χ1n) is 10.5. The molecule has 10 heteroatoms. The first-order valence-corrected chi connectivity index (χ1v) is 10.5. The minimum Gasteiger partial charge on any atom is -0.473 e. The number of anilines is 1. The van der Waals surface area contributed by atoms with Gasteiger partial charge < -0.3 is 24.2 Å². The van der Waals surface area contributed by atoms with Crippen LogP contribution in [0.25, 0.3) is 22.3 Å². The Morgan fingerprint density at radius 2 is 1.88 bits per heavy atom. The molecule has 0 radical (unpaired) electrons. The van der Waals surface area contributed by atoms with Gasteiger partial charge in [-0.05, 0) is 18.2 Å². The zero-order chi connectivity index (χ0) is 22.7. The summed E-state index contributed by atoms with van der Waals surface area (Å²) in [6.45, 7) is 1.77. The van der Waals surface area contributed by atoms with Crippen molar-refractivity contribution < 1.29 is 14.3 Å². The Balaban J connectivity index is 0.00000306. The number of carbonyl (C=O) groups is 1. The van der Waals surface area contributed by atoms with Crippen molar-refractivity contribution in [3.8, 4) is 17.1 Å². The van der Waals surface area contributed by atoms with Gasteiger partial charge in [0.15, 0.2) is 5.52 Å². The van der Waals surface area contributed by atoms with Gasteiger partial charge in [-0.25, -0.2) is 14.8 Å². The summed E-state index contributed by atoms with van der Waals surface area (Å²) >= 11 is 0. The Morgan fingerprint density at radius 1 is 1.15 bits per heavy atom. The highest BCUT2D eigenvalue weighted by Gasteiger charge is 2.26. The Morgan fingerprint density at radius 3 is 2.58 bits per heavy atom. The van der Waals surface area contributed by atoms with Gasteiger partial charge in [0.05, 0.1) is 24.4 Å². The molecule has 1 aliphatic heterocycles. The number of ether oxygens (including phenoxy) is 2. The van der Waals surface area contributed by atoms with E-state index in [0.717, 1.165) is 16.9 Å². The van der Waals surface area contributed by atoms with Crippen molar-refractivity contribution in [1.82, 2.24) is 24.8 Å². The van der Waals surface area contributed by atoms with Crippen LogP contribution in [-0.4, -0.2) is 91.4 Å². The quantitative estimate of drug-likeness (QED) is 0.567. The topological polar surface area (TPSA) is 83.9 Å². The minimum absolute atomic E-state index is 0. The summed E-state index contributed by atoms with van der Waals surface area (Å²) in [4.78, 5) is 31.3. The van der Waals surface area contributed by atoms with Crippen LogP contribution < -0.4 is 9.64 Å². The molecular weight excluding hydrogens is 440 g/mol. The fourth-order valence-electron chi connectivity index (χ4n) is 3.57. The third-order valence-corrected chi connectivity index (χ3v) is 5.30. The lowest BCUT2D eigenvalue weighted by molar-refractivity contribution is -0.0382. The van der Waals surface area contributed by atoms with Gasteiger partial charge >= 0.3 is 6.03 Å². The first-order chi connectivity index (χ1) is 15.4. The maximum absolute atomic E-state index is 12.3. The molecule has 0 spiro atoms. The molecule has 176 valence electrons. The van der Waals surface area contributed by atoms with E-state index < -0.39 is 0 Å². The molecule has 3 heterocycles. The average Bonchev–Trinajstić information content (AvgIpc) is 2.82. The molecule has 3 aromatic rings. The van der Waals surface area contributed by atoms with Gasteiger partial charge in [-0.3, -0.25) is 4.98 Å². The fourth-order valence-corrected chi connectivity index (χ4v) is 3.57. The van der Waals surface area contributed by atoms with E-state index in [2.05, 4.69) is 9.97 Å². The summed E-state index contributed by atoms with van der Waals surface area (Å²) in [5, 5.41) is 0. The molecule has 0 saturated carbocycles. The van der Waals surface area contributed by atoms with Crippen molar-refractivity contribution in [1.29, 1.82) is 0 Å². The summed E-state index contributed by atoms with van der Waals surface area (Å²) in [7, 11) is 7.50. The van der Waals surface area contributed by atoms with E-state index in [1.165, 1.54) is 0 Å². The van der Waals surface area contributed by atoms with E-state index in [9.17, 15) is 4.79 Å². The molecule has 1 saturated heterocycles. The largest absolute Gasteiger partial charge is 0.473 e. The molecule has 33 heavy (non-hydrogen) atoms. The summed E-state index contributed by atoms with van der Waals surface area (Å²) in [6.07, 6.45) is 3.03. The number of pyridine rings is 1. The number of hydrogen-bond donors (Lipinski definition) is 0. The van der Waals surface area contributed by atoms with Crippen molar-refractivity contribution >= 4 is 36.2 Å². The van der Waals surface area contributed by atoms with Crippen LogP contribution >= 0.6 is 13.5 Å². The molecule has 0 N–H and O–H groups in total. The Labute approximate surface area is 200 Å². The van der Waals surface area contributed by atoms with Crippen molar-refractivity contribution in [2.45, 2.75) is 6.10 Å². The molecule has 2 amide bonds. The van der Waals surface area contributed by atoms with Gasteiger partial charge in [0.25, 0.3) is 0 Å². The molecule has 0 bridgehead atoms. The van der Waals surface area contributed by atoms with Crippen LogP contribution in [0, 0.1) is 0 Å². The van der Waals surface area contributed by atoms with Gasteiger partial charge in [0.1, 0.15) is 12.7 Å². The SMILES string of the molecule is CN(C)C(=O)N1CCO[C@H](COc2nc(-c3ccc(N(C)C)cc3)cc3nccnc23)C1.S. The predicted molar refractivity (Wildman–Crippen MR) is 133 cm³/mol. The predicted octanol–water partition coefficient (Wildman–Crippen LogP) is 2.63. The van der Waals surface area contributed by atoms with Gasteiger partial charge in [-0.15, -0.1) is 0 Å². The number of rotatable bonds is 5. The van der Waals surface area contributed by atoms with Crippen LogP contribution in [0.15, 0.2) is 42.7 Å². The van der Waals surface area contributed by atoms with Crippen molar-refractivity contribution in [3.63, 3.8) is 0 Å². The van der Waals surface area contributed by atoms with E-state index in [4.69, 9.17) is 14.5 Å². The monoisotopic (exact) mass is 470 g/mol. The Bertz CT molecular complexity index is 1090. The normalized spacial score (nSPS) is 15.6. The van der Waals surface area contributed by atoms with Gasteiger partial charge in [0, 0.05) is 58.4 Å². The Kier molecular flexibility index (Phi) is 7.93. The number of fused-ring (bicyclic) bond motifs is 1. The summed E-state index contributed by atoms with van der Waals surface area (Å²) in [6, 6.07) is 10.0. The first kappa shape index (κ1) is 24.5. The van der Waals surface area contributed by atoms with Crippen LogP contribution in [0.3, 0.4) is 0 Å². The number of morpholine rings is 1. The molecule has 2 aromatic heterocycles. The molecule has 0 unspecified atom stereocenters. The van der Waals surface area contributed by atoms with Gasteiger partial charge in [-0.2, -0.15) is 13.5 Å². The number of aromatic nitrogens is 3. The highest BCUT2D eigenvalue weighted by molar-refractivity contribution is 7.59. The van der Waals surface area contributed by atoms with E-state index >= 15 is 0 Å². The number of carbonyl (C=O) groups excluding carboxylic acids is 1. The van der Waals surface area contributed by atoms with Crippen LogP contribution in [0.5, 0.6) is 5.88 Å². The highest BCUT2D eigenvalue weighted by Crippen LogP contribution is 2.28. The summed E-state index contributed by atoms with van der Waals surface area (Å²) in [5.74, 6) is 0.405. The van der Waals surface area contributed by atoms with E-state index in [0.29, 0.717) is 36.6 Å². The zero-order valence-corrected chi connectivity index (χ0v) is 20.4. The number of urea groups is 1. The lowest BCUT2D eigenvalue weighted by atomic mass is 10.1. The van der Waals surface area contributed by atoms with Crippen LogP contribution in [0.2, 0.25) is 0 Å². The molecule has 1 aromatic carbocycles. The Hall–Kier alpha value is -3.11. The van der Waals surface area contributed by atoms with Crippen molar-refractivity contribution in [2.75, 3.05) is 59.4 Å². The number of hydrogen-bond acceptors (Lipinski definition) is 7. The lowest BCUT2D eigenvalue weighted by Crippen LogP contribution is -2.50. The van der Waals surface area contributed by atoms with Gasteiger partial charge in [-0.1, -0.05) is 12.1 Å². The fraction of sp³-hybridized carbons (Fsp3) is 0.391. The van der Waals surface area contributed by atoms with E-state index in [1.54, 1.807) is 36.3 Å². The maximum atomic E-state index is 12.3. The molecule has 9 nitrogen and oxygen atoms in total. The molecule has 1 atom stereocenters. The minimum atomic E-state index is -0.246. The molecule has 1 fully saturated rings. The smallest absolute Gasteiger partial charge is 0.319 e. The average molecular weight is 471 g/mol. The van der Waals surface area contributed by atoms with Crippen LogP contribution in [0.4, 0.5) is 10.5 Å². The van der Waals surface area contributed by atoms with Crippen molar-refractivity contribution in [2.24, 2.45) is 0 Å².